The normalized spacial score (nSPS) is 17.5. The molecule has 0 aromatic carbocycles. The first kappa shape index (κ1) is 26.7. The van der Waals surface area contributed by atoms with Crippen LogP contribution >= 0.6 is 0 Å². The van der Waals surface area contributed by atoms with Gasteiger partial charge in [0.25, 0.3) is 5.91 Å². The molecule has 1 spiro atoms. The average molecular weight is 500 g/mol. The molecule has 0 saturated carbocycles. The first-order chi connectivity index (χ1) is 16.5. The van der Waals surface area contributed by atoms with Crippen LogP contribution in [-0.2, 0) is 24.3 Å². The molecule has 0 unspecified atom stereocenters. The molecule has 0 aliphatic carbocycles. The Kier molecular flexibility index (Phi) is 8.57. The number of nitrogens with zero attached hydrogens (tertiary/aromatic N) is 4. The average Bonchev–Trinajstić information content (AvgIpc) is 3.44. The monoisotopic (exact) mass is 499 g/mol. The Balaban J connectivity index is 0.000000429. The third-order valence-electron chi connectivity index (χ3n) is 6.56. The van der Waals surface area contributed by atoms with Crippen molar-refractivity contribution in [1.82, 2.24) is 25.0 Å². The van der Waals surface area contributed by atoms with Crippen molar-refractivity contribution in [1.29, 1.82) is 0 Å². The minimum atomic E-state index is -5.08. The second kappa shape index (κ2) is 11.2. The quantitative estimate of drug-likeness (QED) is 0.625. The number of furan rings is 1. The van der Waals surface area contributed by atoms with Crippen LogP contribution in [0.5, 0.6) is 0 Å². The molecule has 35 heavy (non-hydrogen) atoms. The Morgan fingerprint density at radius 2 is 1.91 bits per heavy atom. The topological polar surface area (TPSA) is 113 Å². The Morgan fingerprint density at radius 1 is 1.23 bits per heavy atom. The van der Waals surface area contributed by atoms with Gasteiger partial charge in [0.1, 0.15) is 5.82 Å². The lowest BCUT2D eigenvalue weighted by Crippen LogP contribution is -2.44. The first-order valence-electron chi connectivity index (χ1n) is 11.7. The maximum absolute atomic E-state index is 12.6. The fraction of sp³-hybridized carbons (Fsp3) is 0.652. The SMILES string of the molecule is CC(C)CCNC(=O)c1nnc2n1CC1(CC2)CCN(Cc2ccoc2)CC1.O=C(O)C(F)(F)F. The number of fused-ring (bicyclic) bond motifs is 1. The summed E-state index contributed by atoms with van der Waals surface area (Å²) in [5.41, 5.74) is 1.50. The van der Waals surface area contributed by atoms with Crippen molar-refractivity contribution >= 4 is 11.9 Å². The van der Waals surface area contributed by atoms with E-state index in [1.165, 1.54) is 5.56 Å². The summed E-state index contributed by atoms with van der Waals surface area (Å²) in [6.07, 6.45) is 3.81. The number of carboxylic acid groups (broad SMARTS) is 1. The van der Waals surface area contributed by atoms with Crippen molar-refractivity contribution in [2.75, 3.05) is 19.6 Å². The van der Waals surface area contributed by atoms with Gasteiger partial charge in [-0.2, -0.15) is 13.2 Å². The second-order valence-corrected chi connectivity index (χ2v) is 9.68. The summed E-state index contributed by atoms with van der Waals surface area (Å²) in [6.45, 7) is 8.99. The highest BCUT2D eigenvalue weighted by molar-refractivity contribution is 5.90. The molecule has 0 atom stereocenters. The number of rotatable bonds is 6. The molecule has 2 aromatic heterocycles. The number of amides is 1. The summed E-state index contributed by atoms with van der Waals surface area (Å²) in [4.78, 5) is 24.0. The molecule has 1 amide bonds. The van der Waals surface area contributed by atoms with Gasteiger partial charge < -0.3 is 19.4 Å². The lowest BCUT2D eigenvalue weighted by Gasteiger charge is -2.44. The van der Waals surface area contributed by atoms with Crippen molar-refractivity contribution in [3.05, 3.63) is 35.8 Å². The summed E-state index contributed by atoms with van der Waals surface area (Å²) >= 11 is 0. The van der Waals surface area contributed by atoms with Gasteiger partial charge in [0.15, 0.2) is 0 Å². The highest BCUT2D eigenvalue weighted by atomic mass is 19.4. The van der Waals surface area contributed by atoms with E-state index in [1.54, 1.807) is 6.26 Å². The molecule has 1 fully saturated rings. The molecule has 194 valence electrons. The fourth-order valence-corrected chi connectivity index (χ4v) is 4.43. The molecular formula is C23H32F3N5O4. The minimum absolute atomic E-state index is 0.0890. The zero-order chi connectivity index (χ0) is 25.6. The van der Waals surface area contributed by atoms with E-state index in [9.17, 15) is 18.0 Å². The maximum atomic E-state index is 12.6. The van der Waals surface area contributed by atoms with Gasteiger partial charge in [0.05, 0.1) is 12.5 Å². The Hall–Kier alpha value is -2.89. The van der Waals surface area contributed by atoms with Gasteiger partial charge >= 0.3 is 12.1 Å². The predicted molar refractivity (Wildman–Crippen MR) is 119 cm³/mol. The van der Waals surface area contributed by atoms with Gasteiger partial charge in [-0.3, -0.25) is 9.69 Å². The van der Waals surface area contributed by atoms with Crippen molar-refractivity contribution < 1.29 is 32.3 Å². The Morgan fingerprint density at radius 3 is 2.49 bits per heavy atom. The molecule has 0 bridgehead atoms. The van der Waals surface area contributed by atoms with Crippen LogP contribution in [0.4, 0.5) is 13.2 Å². The first-order valence-corrected chi connectivity index (χ1v) is 11.7. The number of piperidine rings is 1. The molecule has 2 aliphatic rings. The van der Waals surface area contributed by atoms with Crippen LogP contribution in [0, 0.1) is 11.3 Å². The van der Waals surface area contributed by atoms with Crippen LogP contribution in [0.25, 0.3) is 0 Å². The summed E-state index contributed by atoms with van der Waals surface area (Å²) in [5.74, 6) is -0.830. The van der Waals surface area contributed by atoms with Crippen LogP contribution < -0.4 is 5.32 Å². The summed E-state index contributed by atoms with van der Waals surface area (Å²) < 4.78 is 39.0. The number of hydrogen-bond donors (Lipinski definition) is 2. The van der Waals surface area contributed by atoms with Crippen LogP contribution in [0.2, 0.25) is 0 Å². The highest BCUT2D eigenvalue weighted by Crippen LogP contribution is 2.41. The van der Waals surface area contributed by atoms with E-state index in [0.717, 1.165) is 64.1 Å². The summed E-state index contributed by atoms with van der Waals surface area (Å²) in [6, 6.07) is 2.04. The van der Waals surface area contributed by atoms with Crippen molar-refractivity contribution in [3.8, 4) is 0 Å². The van der Waals surface area contributed by atoms with Gasteiger partial charge in [0.2, 0.25) is 5.82 Å². The standard InChI is InChI=1S/C21H31N5O2.C2HF3O2/c1-16(2)4-9-22-20(27)19-24-23-18-3-6-21(15-26(18)19)7-10-25(11-8-21)13-17-5-12-28-14-17;3-2(4,5)1(6)7/h5,12,14,16H,3-4,6-11,13,15H2,1-2H3,(H,22,27);(H,6,7). The minimum Gasteiger partial charge on any atom is -0.475 e. The van der Waals surface area contributed by atoms with E-state index >= 15 is 0 Å². The number of halogens is 3. The van der Waals surface area contributed by atoms with Crippen molar-refractivity contribution in [2.24, 2.45) is 11.3 Å². The lowest BCUT2D eigenvalue weighted by atomic mass is 9.73. The molecule has 9 nitrogen and oxygen atoms in total. The van der Waals surface area contributed by atoms with Crippen molar-refractivity contribution in [3.63, 3.8) is 0 Å². The molecular weight excluding hydrogens is 467 g/mol. The molecule has 4 heterocycles. The lowest BCUT2D eigenvalue weighted by molar-refractivity contribution is -0.192. The number of carbonyl (C=O) groups excluding carboxylic acids is 1. The number of hydrogen-bond acceptors (Lipinski definition) is 6. The predicted octanol–water partition coefficient (Wildman–Crippen LogP) is 3.51. The Bertz CT molecular complexity index is 980. The highest BCUT2D eigenvalue weighted by Gasteiger charge is 2.40. The zero-order valence-corrected chi connectivity index (χ0v) is 20.0. The van der Waals surface area contributed by atoms with Crippen LogP contribution in [0.3, 0.4) is 0 Å². The second-order valence-electron chi connectivity index (χ2n) is 9.68. The summed E-state index contributed by atoms with van der Waals surface area (Å²) in [5, 5.41) is 18.6. The van der Waals surface area contributed by atoms with E-state index in [-0.39, 0.29) is 11.3 Å². The zero-order valence-electron chi connectivity index (χ0n) is 20.0. The molecule has 12 heteroatoms. The van der Waals surface area contributed by atoms with E-state index in [4.69, 9.17) is 14.3 Å². The van der Waals surface area contributed by atoms with Crippen LogP contribution in [0.15, 0.2) is 23.0 Å². The van der Waals surface area contributed by atoms with E-state index in [1.807, 2.05) is 12.3 Å². The number of aliphatic carboxylic acids is 1. The molecule has 2 aromatic rings. The Labute approximate surface area is 201 Å². The molecule has 2 N–H and O–H groups in total. The number of carboxylic acids is 1. The van der Waals surface area contributed by atoms with Crippen LogP contribution in [0.1, 0.15) is 61.5 Å². The van der Waals surface area contributed by atoms with Gasteiger partial charge in [-0.25, -0.2) is 4.79 Å². The van der Waals surface area contributed by atoms with E-state index in [2.05, 4.69) is 38.8 Å². The molecule has 4 rings (SSSR count). The van der Waals surface area contributed by atoms with Crippen LogP contribution in [-0.4, -0.2) is 62.5 Å². The maximum Gasteiger partial charge on any atom is 0.490 e. The third-order valence-corrected chi connectivity index (χ3v) is 6.56. The smallest absolute Gasteiger partial charge is 0.475 e. The largest absolute Gasteiger partial charge is 0.490 e. The fourth-order valence-electron chi connectivity index (χ4n) is 4.43. The van der Waals surface area contributed by atoms with Gasteiger partial charge in [0, 0.05) is 31.6 Å². The number of aryl methyl sites for hydroxylation is 1. The molecule has 2 aliphatic heterocycles. The van der Waals surface area contributed by atoms with E-state index in [0.29, 0.717) is 18.3 Å². The number of aromatic nitrogens is 3. The number of alkyl halides is 3. The number of carbonyl (C=O) groups is 2. The molecule has 0 radical (unpaired) electrons. The van der Waals surface area contributed by atoms with Gasteiger partial charge in [-0.1, -0.05) is 13.8 Å². The third kappa shape index (κ3) is 7.30. The van der Waals surface area contributed by atoms with E-state index < -0.39 is 12.1 Å². The molecule has 1 saturated heterocycles. The summed E-state index contributed by atoms with van der Waals surface area (Å²) in [7, 11) is 0. The van der Waals surface area contributed by atoms with Gasteiger partial charge in [-0.05, 0) is 56.2 Å². The van der Waals surface area contributed by atoms with Gasteiger partial charge in [-0.15, -0.1) is 10.2 Å². The number of likely N-dealkylation sites (tertiary alicyclic amines) is 1. The number of nitrogens with one attached hydrogen (secondary N) is 1. The van der Waals surface area contributed by atoms with Crippen molar-refractivity contribution in [2.45, 2.75) is 65.2 Å².